The highest BCUT2D eigenvalue weighted by Gasteiger charge is 2.13. The summed E-state index contributed by atoms with van der Waals surface area (Å²) in [7, 11) is 0. The lowest BCUT2D eigenvalue weighted by Gasteiger charge is -2.10. The van der Waals surface area contributed by atoms with E-state index in [1.807, 2.05) is 32.9 Å². The van der Waals surface area contributed by atoms with Gasteiger partial charge in [-0.1, -0.05) is 6.07 Å². The molecule has 2 nitrogen and oxygen atoms in total. The summed E-state index contributed by atoms with van der Waals surface area (Å²) in [4.78, 5) is 12.6. The Kier molecular flexibility index (Phi) is 3.43. The summed E-state index contributed by atoms with van der Waals surface area (Å²) in [5.41, 5.74) is 12.3. The minimum Gasteiger partial charge on any atom is -0.399 e. The van der Waals surface area contributed by atoms with Gasteiger partial charge in [-0.3, -0.25) is 4.79 Å². The molecule has 2 aromatic rings. The summed E-state index contributed by atoms with van der Waals surface area (Å²) in [6.45, 7) is 7.98. The van der Waals surface area contributed by atoms with Gasteiger partial charge in [-0.15, -0.1) is 0 Å². The lowest BCUT2D eigenvalue weighted by molar-refractivity contribution is 0.103. The fourth-order valence-electron chi connectivity index (χ4n) is 2.18. The van der Waals surface area contributed by atoms with Gasteiger partial charge in [0.25, 0.3) is 0 Å². The van der Waals surface area contributed by atoms with E-state index < -0.39 is 0 Å². The van der Waals surface area contributed by atoms with Gasteiger partial charge in [0.05, 0.1) is 0 Å². The van der Waals surface area contributed by atoms with Crippen molar-refractivity contribution in [3.8, 4) is 0 Å². The summed E-state index contributed by atoms with van der Waals surface area (Å²) in [6.07, 6.45) is 0. The number of aryl methyl sites for hydroxylation is 4. The van der Waals surface area contributed by atoms with Gasteiger partial charge in [0, 0.05) is 16.8 Å². The smallest absolute Gasteiger partial charge is 0.193 e. The third-order valence-corrected chi connectivity index (χ3v) is 3.62. The van der Waals surface area contributed by atoms with Crippen LogP contribution < -0.4 is 5.73 Å². The fourth-order valence-corrected chi connectivity index (χ4v) is 2.18. The molecule has 0 saturated heterocycles. The first-order valence-electron chi connectivity index (χ1n) is 6.39. The number of carbonyl (C=O) groups excluding carboxylic acids is 1. The van der Waals surface area contributed by atoms with E-state index in [1.54, 1.807) is 12.1 Å². The van der Waals surface area contributed by atoms with E-state index in [1.165, 1.54) is 5.56 Å². The van der Waals surface area contributed by atoms with Gasteiger partial charge in [-0.05, 0) is 74.2 Å². The molecule has 0 aromatic heterocycles. The topological polar surface area (TPSA) is 43.1 Å². The van der Waals surface area contributed by atoms with Crippen LogP contribution in [0.4, 0.5) is 5.69 Å². The Balaban J connectivity index is 2.49. The van der Waals surface area contributed by atoms with Crippen molar-refractivity contribution in [1.29, 1.82) is 0 Å². The summed E-state index contributed by atoms with van der Waals surface area (Å²) >= 11 is 0. The monoisotopic (exact) mass is 253 g/mol. The summed E-state index contributed by atoms with van der Waals surface area (Å²) in [5.74, 6) is 0.0590. The Bertz CT molecular complexity index is 657. The zero-order valence-electron chi connectivity index (χ0n) is 11.9. The van der Waals surface area contributed by atoms with Gasteiger partial charge in [-0.25, -0.2) is 0 Å². The SMILES string of the molecule is Cc1cc(C)c(C(=O)c2ccc(N)c(C)c2)cc1C. The molecular weight excluding hydrogens is 234 g/mol. The largest absolute Gasteiger partial charge is 0.399 e. The molecule has 2 rings (SSSR count). The van der Waals surface area contributed by atoms with Gasteiger partial charge in [0.2, 0.25) is 0 Å². The summed E-state index contributed by atoms with van der Waals surface area (Å²) < 4.78 is 0. The number of hydrogen-bond donors (Lipinski definition) is 1. The standard InChI is InChI=1S/C17H19NO/c1-10-7-12(3)15(9-11(10)2)17(19)14-5-6-16(18)13(4)8-14/h5-9H,18H2,1-4H3. The van der Waals surface area contributed by atoms with Crippen LogP contribution in [-0.4, -0.2) is 5.78 Å². The maximum atomic E-state index is 12.6. The molecule has 0 atom stereocenters. The van der Waals surface area contributed by atoms with E-state index in [9.17, 15) is 4.79 Å². The number of hydrogen-bond acceptors (Lipinski definition) is 2. The van der Waals surface area contributed by atoms with Crippen LogP contribution in [-0.2, 0) is 0 Å². The minimum absolute atomic E-state index is 0.0590. The zero-order chi connectivity index (χ0) is 14.2. The molecule has 0 heterocycles. The number of carbonyl (C=O) groups is 1. The maximum Gasteiger partial charge on any atom is 0.193 e. The number of benzene rings is 2. The molecule has 0 spiro atoms. The molecule has 0 radical (unpaired) electrons. The van der Waals surface area contributed by atoms with Gasteiger partial charge in [-0.2, -0.15) is 0 Å². The molecule has 2 heteroatoms. The molecule has 0 amide bonds. The Labute approximate surface area is 114 Å². The lowest BCUT2D eigenvalue weighted by Crippen LogP contribution is -2.06. The van der Waals surface area contributed by atoms with Crippen molar-refractivity contribution in [1.82, 2.24) is 0 Å². The Morgan fingerprint density at radius 1 is 0.842 bits per heavy atom. The molecule has 0 fully saturated rings. The van der Waals surface area contributed by atoms with E-state index in [-0.39, 0.29) is 5.78 Å². The zero-order valence-corrected chi connectivity index (χ0v) is 11.9. The number of rotatable bonds is 2. The minimum atomic E-state index is 0.0590. The summed E-state index contributed by atoms with van der Waals surface area (Å²) in [6, 6.07) is 9.47. The second-order valence-electron chi connectivity index (χ2n) is 5.15. The molecule has 0 saturated carbocycles. The number of nitrogens with two attached hydrogens (primary N) is 1. The van der Waals surface area contributed by atoms with Crippen molar-refractivity contribution in [3.05, 3.63) is 63.7 Å². The second-order valence-corrected chi connectivity index (χ2v) is 5.15. The quantitative estimate of drug-likeness (QED) is 0.654. The van der Waals surface area contributed by atoms with Crippen LogP contribution in [0.1, 0.15) is 38.2 Å². The Morgan fingerprint density at radius 2 is 1.47 bits per heavy atom. The molecule has 98 valence electrons. The molecule has 0 aliphatic rings. The molecule has 0 aliphatic carbocycles. The van der Waals surface area contributed by atoms with Gasteiger partial charge < -0.3 is 5.73 Å². The molecule has 19 heavy (non-hydrogen) atoms. The average Bonchev–Trinajstić information content (AvgIpc) is 2.36. The molecule has 0 aliphatic heterocycles. The number of nitrogen functional groups attached to an aromatic ring is 1. The highest BCUT2D eigenvalue weighted by Crippen LogP contribution is 2.21. The van der Waals surface area contributed by atoms with Crippen LogP contribution in [0.15, 0.2) is 30.3 Å². The van der Waals surface area contributed by atoms with E-state index in [0.717, 1.165) is 22.3 Å². The molecule has 0 bridgehead atoms. The third-order valence-electron chi connectivity index (χ3n) is 3.62. The van der Waals surface area contributed by atoms with Gasteiger partial charge in [0.15, 0.2) is 5.78 Å². The molecular formula is C17H19NO. The molecule has 2 aromatic carbocycles. The van der Waals surface area contributed by atoms with E-state index >= 15 is 0 Å². The van der Waals surface area contributed by atoms with Crippen molar-refractivity contribution in [3.63, 3.8) is 0 Å². The Hall–Kier alpha value is -2.09. The van der Waals surface area contributed by atoms with Crippen LogP contribution in [0.25, 0.3) is 0 Å². The van der Waals surface area contributed by atoms with E-state index in [2.05, 4.69) is 13.0 Å². The number of anilines is 1. The molecule has 2 N–H and O–H groups in total. The van der Waals surface area contributed by atoms with Gasteiger partial charge in [0.1, 0.15) is 0 Å². The Morgan fingerprint density at radius 3 is 2.11 bits per heavy atom. The van der Waals surface area contributed by atoms with Crippen LogP contribution in [0, 0.1) is 27.7 Å². The first-order valence-corrected chi connectivity index (χ1v) is 6.39. The second kappa shape index (κ2) is 4.88. The highest BCUT2D eigenvalue weighted by molar-refractivity contribution is 6.10. The number of ketones is 1. The summed E-state index contributed by atoms with van der Waals surface area (Å²) in [5, 5.41) is 0. The lowest BCUT2D eigenvalue weighted by atomic mass is 9.94. The average molecular weight is 253 g/mol. The maximum absolute atomic E-state index is 12.6. The first-order chi connectivity index (χ1) is 8.90. The third kappa shape index (κ3) is 2.53. The molecule has 0 unspecified atom stereocenters. The van der Waals surface area contributed by atoms with Crippen molar-refractivity contribution in [2.45, 2.75) is 27.7 Å². The predicted octanol–water partition coefficient (Wildman–Crippen LogP) is 3.73. The van der Waals surface area contributed by atoms with Crippen molar-refractivity contribution in [2.24, 2.45) is 0 Å². The van der Waals surface area contributed by atoms with E-state index in [4.69, 9.17) is 5.73 Å². The van der Waals surface area contributed by atoms with Crippen LogP contribution in [0.2, 0.25) is 0 Å². The highest BCUT2D eigenvalue weighted by atomic mass is 16.1. The van der Waals surface area contributed by atoms with E-state index in [0.29, 0.717) is 11.3 Å². The normalized spacial score (nSPS) is 10.5. The van der Waals surface area contributed by atoms with Crippen molar-refractivity contribution < 1.29 is 4.79 Å². The van der Waals surface area contributed by atoms with Crippen LogP contribution >= 0.6 is 0 Å². The van der Waals surface area contributed by atoms with Crippen LogP contribution in [0.3, 0.4) is 0 Å². The van der Waals surface area contributed by atoms with Gasteiger partial charge >= 0.3 is 0 Å². The first kappa shape index (κ1) is 13.3. The predicted molar refractivity (Wildman–Crippen MR) is 79.7 cm³/mol. The van der Waals surface area contributed by atoms with Crippen molar-refractivity contribution in [2.75, 3.05) is 5.73 Å². The van der Waals surface area contributed by atoms with Crippen LogP contribution in [0.5, 0.6) is 0 Å². The fraction of sp³-hybridized carbons (Fsp3) is 0.235. The van der Waals surface area contributed by atoms with Crippen molar-refractivity contribution >= 4 is 11.5 Å².